The van der Waals surface area contributed by atoms with Crippen LogP contribution in [0.1, 0.15) is 34.8 Å². The van der Waals surface area contributed by atoms with Crippen molar-refractivity contribution < 1.29 is 9.90 Å². The molecule has 0 radical (unpaired) electrons. The van der Waals surface area contributed by atoms with E-state index in [1.54, 1.807) is 11.3 Å². The van der Waals surface area contributed by atoms with Gasteiger partial charge >= 0.3 is 5.97 Å². The number of carbonyl (C=O) groups is 1. The average molecular weight is 254 g/mol. The number of aliphatic carboxylic acids is 1. The average Bonchev–Trinajstić information content (AvgIpc) is 2.58. The zero-order valence-electron chi connectivity index (χ0n) is 10.3. The molecule has 2 heterocycles. The van der Waals surface area contributed by atoms with Gasteiger partial charge in [-0.3, -0.25) is 9.69 Å². The number of rotatable bonds is 3. The van der Waals surface area contributed by atoms with Gasteiger partial charge in [-0.1, -0.05) is 6.42 Å². The molecule has 17 heavy (non-hydrogen) atoms. The van der Waals surface area contributed by atoms with Gasteiger partial charge in [0.15, 0.2) is 0 Å². The molecule has 4 nitrogen and oxygen atoms in total. The van der Waals surface area contributed by atoms with Crippen molar-refractivity contribution in [3.63, 3.8) is 0 Å². The first-order valence-corrected chi connectivity index (χ1v) is 6.79. The van der Waals surface area contributed by atoms with Gasteiger partial charge in [-0.25, -0.2) is 4.98 Å². The number of hydrogen-bond acceptors (Lipinski definition) is 4. The Labute approximate surface area is 105 Å². The minimum absolute atomic E-state index is 0.314. The number of aromatic nitrogens is 1. The molecular weight excluding hydrogens is 236 g/mol. The van der Waals surface area contributed by atoms with Gasteiger partial charge in [-0.15, -0.1) is 11.3 Å². The van der Waals surface area contributed by atoms with Crippen LogP contribution in [-0.2, 0) is 11.3 Å². The van der Waals surface area contributed by atoms with Crippen LogP contribution in [0.25, 0.3) is 0 Å². The largest absolute Gasteiger partial charge is 0.480 e. The lowest BCUT2D eigenvalue weighted by Gasteiger charge is -2.32. The number of likely N-dealkylation sites (tertiary alicyclic amines) is 1. The zero-order valence-corrected chi connectivity index (χ0v) is 11.1. The topological polar surface area (TPSA) is 53.4 Å². The maximum atomic E-state index is 11.2. The molecule has 1 aromatic heterocycles. The van der Waals surface area contributed by atoms with Crippen LogP contribution in [0.4, 0.5) is 0 Å². The molecule has 0 aliphatic carbocycles. The minimum atomic E-state index is -0.691. The third-order valence-electron chi connectivity index (χ3n) is 3.25. The maximum absolute atomic E-state index is 11.2. The van der Waals surface area contributed by atoms with E-state index in [-0.39, 0.29) is 6.04 Å². The van der Waals surface area contributed by atoms with Gasteiger partial charge in [-0.2, -0.15) is 0 Å². The van der Waals surface area contributed by atoms with Gasteiger partial charge in [0, 0.05) is 11.4 Å². The molecule has 5 heteroatoms. The highest BCUT2D eigenvalue weighted by molar-refractivity contribution is 7.11. The van der Waals surface area contributed by atoms with Gasteiger partial charge in [0.1, 0.15) is 6.04 Å². The Morgan fingerprint density at radius 1 is 1.53 bits per heavy atom. The van der Waals surface area contributed by atoms with Crippen LogP contribution < -0.4 is 0 Å². The molecular formula is C12H18N2O2S. The van der Waals surface area contributed by atoms with E-state index in [2.05, 4.69) is 9.88 Å². The zero-order chi connectivity index (χ0) is 12.4. The minimum Gasteiger partial charge on any atom is -0.480 e. The summed E-state index contributed by atoms with van der Waals surface area (Å²) in [5.41, 5.74) is 1.04. The van der Waals surface area contributed by atoms with Crippen LogP contribution in [0.5, 0.6) is 0 Å². The molecule has 0 amide bonds. The second kappa shape index (κ2) is 5.14. The predicted molar refractivity (Wildman–Crippen MR) is 67.3 cm³/mol. The van der Waals surface area contributed by atoms with E-state index in [4.69, 9.17) is 0 Å². The fraction of sp³-hybridized carbons (Fsp3) is 0.667. The highest BCUT2D eigenvalue weighted by Gasteiger charge is 2.28. The van der Waals surface area contributed by atoms with E-state index < -0.39 is 5.97 Å². The fourth-order valence-corrected chi connectivity index (χ4v) is 3.33. The summed E-state index contributed by atoms with van der Waals surface area (Å²) >= 11 is 1.68. The summed E-state index contributed by atoms with van der Waals surface area (Å²) in [7, 11) is 0. The number of aryl methyl sites for hydroxylation is 2. The molecule has 1 atom stereocenters. The SMILES string of the molecule is Cc1nc(C)c(CN2CCCC[C@H]2C(=O)O)s1. The number of nitrogens with zero attached hydrogens (tertiary/aromatic N) is 2. The summed E-state index contributed by atoms with van der Waals surface area (Å²) in [5, 5.41) is 10.3. The number of carboxylic acids is 1. The molecule has 1 N–H and O–H groups in total. The van der Waals surface area contributed by atoms with E-state index in [1.165, 1.54) is 4.88 Å². The first-order valence-electron chi connectivity index (χ1n) is 5.97. The first kappa shape index (κ1) is 12.5. The lowest BCUT2D eigenvalue weighted by Crippen LogP contribution is -2.43. The third-order valence-corrected chi connectivity index (χ3v) is 4.30. The molecule has 0 aromatic carbocycles. The molecule has 1 saturated heterocycles. The molecule has 0 bridgehead atoms. The Morgan fingerprint density at radius 2 is 2.29 bits per heavy atom. The predicted octanol–water partition coefficient (Wildman–Crippen LogP) is 2.20. The van der Waals surface area contributed by atoms with Gasteiger partial charge < -0.3 is 5.11 Å². The highest BCUT2D eigenvalue weighted by Crippen LogP contribution is 2.24. The third kappa shape index (κ3) is 2.84. The summed E-state index contributed by atoms with van der Waals surface area (Å²) in [5.74, 6) is -0.691. The number of hydrogen-bond donors (Lipinski definition) is 1. The molecule has 1 aliphatic heterocycles. The Bertz CT molecular complexity index is 417. The molecule has 1 fully saturated rings. The number of thiazole rings is 1. The molecule has 94 valence electrons. The first-order chi connectivity index (χ1) is 8.08. The van der Waals surface area contributed by atoms with Crippen molar-refractivity contribution in [3.05, 3.63) is 15.6 Å². The van der Waals surface area contributed by atoms with Gasteiger partial charge in [0.05, 0.1) is 10.7 Å². The molecule has 0 spiro atoms. The van der Waals surface area contributed by atoms with E-state index in [0.717, 1.165) is 43.1 Å². The number of piperidine rings is 1. The molecule has 1 aromatic rings. The van der Waals surface area contributed by atoms with Crippen LogP contribution in [-0.4, -0.2) is 33.5 Å². The van der Waals surface area contributed by atoms with Gasteiger partial charge in [0.2, 0.25) is 0 Å². The van der Waals surface area contributed by atoms with Gasteiger partial charge in [-0.05, 0) is 33.2 Å². The quantitative estimate of drug-likeness (QED) is 0.898. The van der Waals surface area contributed by atoms with Crippen molar-refractivity contribution in [1.82, 2.24) is 9.88 Å². The molecule has 0 unspecified atom stereocenters. The standard InChI is InChI=1S/C12H18N2O2S/c1-8-11(17-9(2)13-8)7-14-6-4-3-5-10(14)12(15)16/h10H,3-7H2,1-2H3,(H,15,16)/t10-/m0/s1. The van der Waals surface area contributed by atoms with Crippen LogP contribution in [0.3, 0.4) is 0 Å². The van der Waals surface area contributed by atoms with Crippen LogP contribution in [0.15, 0.2) is 0 Å². The lowest BCUT2D eigenvalue weighted by molar-refractivity contribution is -0.144. The van der Waals surface area contributed by atoms with Gasteiger partial charge in [0.25, 0.3) is 0 Å². The van der Waals surface area contributed by atoms with Crippen molar-refractivity contribution >= 4 is 17.3 Å². The number of carboxylic acid groups (broad SMARTS) is 1. The van der Waals surface area contributed by atoms with Crippen molar-refractivity contribution in [1.29, 1.82) is 0 Å². The molecule has 0 saturated carbocycles. The Balaban J connectivity index is 2.10. The molecule has 1 aliphatic rings. The van der Waals surface area contributed by atoms with Crippen molar-refractivity contribution in [2.45, 2.75) is 45.7 Å². The second-order valence-corrected chi connectivity index (χ2v) is 5.85. The monoisotopic (exact) mass is 254 g/mol. The van der Waals surface area contributed by atoms with E-state index in [0.29, 0.717) is 0 Å². The summed E-state index contributed by atoms with van der Waals surface area (Å²) < 4.78 is 0. The summed E-state index contributed by atoms with van der Waals surface area (Å²) in [6.07, 6.45) is 2.89. The van der Waals surface area contributed by atoms with Crippen LogP contribution >= 0.6 is 11.3 Å². The Morgan fingerprint density at radius 3 is 2.88 bits per heavy atom. The summed E-state index contributed by atoms with van der Waals surface area (Å²) in [6, 6.07) is -0.314. The van der Waals surface area contributed by atoms with Crippen LogP contribution in [0, 0.1) is 13.8 Å². The molecule has 2 rings (SSSR count). The summed E-state index contributed by atoms with van der Waals surface area (Å²) in [4.78, 5) is 18.9. The van der Waals surface area contributed by atoms with E-state index in [9.17, 15) is 9.90 Å². The Hall–Kier alpha value is -0.940. The summed E-state index contributed by atoms with van der Waals surface area (Å²) in [6.45, 7) is 5.60. The lowest BCUT2D eigenvalue weighted by atomic mass is 10.0. The smallest absolute Gasteiger partial charge is 0.320 e. The second-order valence-electron chi connectivity index (χ2n) is 4.56. The van der Waals surface area contributed by atoms with E-state index in [1.807, 2.05) is 13.8 Å². The van der Waals surface area contributed by atoms with Crippen molar-refractivity contribution in [3.8, 4) is 0 Å². The Kier molecular flexibility index (Phi) is 3.79. The normalized spacial score (nSPS) is 21.6. The van der Waals surface area contributed by atoms with Crippen LogP contribution in [0.2, 0.25) is 0 Å². The van der Waals surface area contributed by atoms with E-state index >= 15 is 0 Å². The van der Waals surface area contributed by atoms with Crippen molar-refractivity contribution in [2.24, 2.45) is 0 Å². The van der Waals surface area contributed by atoms with Crippen molar-refractivity contribution in [2.75, 3.05) is 6.54 Å². The maximum Gasteiger partial charge on any atom is 0.320 e. The highest BCUT2D eigenvalue weighted by atomic mass is 32.1. The fourth-order valence-electron chi connectivity index (χ4n) is 2.36.